The normalized spacial score (nSPS) is 13.7. The number of amides is 1. The lowest BCUT2D eigenvalue weighted by molar-refractivity contribution is -0.117. The molecular weight excluding hydrogens is 292 g/mol. The molecule has 0 bridgehead atoms. The maximum absolute atomic E-state index is 11.8. The van der Waals surface area contributed by atoms with E-state index in [-0.39, 0.29) is 11.7 Å². The second-order valence-electron chi connectivity index (χ2n) is 5.78. The third-order valence-electron chi connectivity index (χ3n) is 4.27. The lowest BCUT2D eigenvalue weighted by Crippen LogP contribution is -2.20. The lowest BCUT2D eigenvalue weighted by Gasteiger charge is -2.10. The van der Waals surface area contributed by atoms with Crippen molar-refractivity contribution >= 4 is 23.1 Å². The minimum Gasteiger partial charge on any atom is -0.315 e. The van der Waals surface area contributed by atoms with Crippen molar-refractivity contribution in [3.63, 3.8) is 0 Å². The summed E-state index contributed by atoms with van der Waals surface area (Å²) in [6.07, 6.45) is 2.17. The molecule has 0 saturated carbocycles. The van der Waals surface area contributed by atoms with Crippen LogP contribution in [-0.4, -0.2) is 22.3 Å². The van der Waals surface area contributed by atoms with Gasteiger partial charge in [0, 0.05) is 24.5 Å². The fourth-order valence-corrected chi connectivity index (χ4v) is 3.03. The molecule has 6 heteroatoms. The van der Waals surface area contributed by atoms with E-state index in [2.05, 4.69) is 10.2 Å². The Hall–Kier alpha value is -3.02. The van der Waals surface area contributed by atoms with Crippen molar-refractivity contribution < 1.29 is 4.79 Å². The molecule has 0 radical (unpaired) electrons. The number of fused-ring (bicyclic) bond motifs is 2. The predicted molar refractivity (Wildman–Crippen MR) is 87.9 cm³/mol. The number of carbonyl (C=O) groups is 1. The van der Waals surface area contributed by atoms with E-state index in [0.717, 1.165) is 22.4 Å². The highest BCUT2D eigenvalue weighted by Gasteiger charge is 2.25. The first-order valence-corrected chi connectivity index (χ1v) is 7.30. The average molecular weight is 306 g/mol. The summed E-state index contributed by atoms with van der Waals surface area (Å²) < 4.78 is 1.68. The Morgan fingerprint density at radius 2 is 2.04 bits per heavy atom. The molecule has 23 heavy (non-hydrogen) atoms. The zero-order valence-electron chi connectivity index (χ0n) is 12.8. The van der Waals surface area contributed by atoms with Crippen LogP contribution in [-0.2, 0) is 11.2 Å². The molecule has 0 fully saturated rings. The monoisotopic (exact) mass is 306 g/mol. The van der Waals surface area contributed by atoms with E-state index in [1.54, 1.807) is 22.5 Å². The second-order valence-corrected chi connectivity index (χ2v) is 5.78. The van der Waals surface area contributed by atoms with Gasteiger partial charge in [-0.25, -0.2) is 4.98 Å². The maximum Gasteiger partial charge on any atom is 0.231 e. The highest BCUT2D eigenvalue weighted by Crippen LogP contribution is 2.36. The van der Waals surface area contributed by atoms with Gasteiger partial charge in [0.05, 0.1) is 6.42 Å². The standard InChI is InChI=1S/C17H14N4O2/c1-10-5-6-21-14(7-10)18-16(17(21)19-23)11-3-4-13-12(8-11)9-15(22)20(13)2/h3-8H,9H2,1-2H3. The summed E-state index contributed by atoms with van der Waals surface area (Å²) >= 11 is 0. The number of pyridine rings is 1. The Bertz CT molecular complexity index is 974. The number of rotatable bonds is 2. The number of nitroso groups, excluding NO2 is 1. The first-order valence-electron chi connectivity index (χ1n) is 7.30. The largest absolute Gasteiger partial charge is 0.315 e. The number of hydrogen-bond donors (Lipinski definition) is 0. The Kier molecular flexibility index (Phi) is 2.81. The smallest absolute Gasteiger partial charge is 0.231 e. The Morgan fingerprint density at radius 3 is 2.83 bits per heavy atom. The van der Waals surface area contributed by atoms with Crippen LogP contribution >= 0.6 is 0 Å². The Labute approximate surface area is 132 Å². The number of anilines is 1. The van der Waals surface area contributed by atoms with Crippen molar-refractivity contribution in [3.05, 3.63) is 52.6 Å². The van der Waals surface area contributed by atoms with E-state index < -0.39 is 0 Å². The van der Waals surface area contributed by atoms with Gasteiger partial charge in [-0.3, -0.25) is 9.20 Å². The van der Waals surface area contributed by atoms with Gasteiger partial charge in [0.15, 0.2) is 0 Å². The van der Waals surface area contributed by atoms with Crippen molar-refractivity contribution in [2.75, 3.05) is 11.9 Å². The van der Waals surface area contributed by atoms with Crippen molar-refractivity contribution in [1.82, 2.24) is 9.38 Å². The van der Waals surface area contributed by atoms with Gasteiger partial charge >= 0.3 is 0 Å². The van der Waals surface area contributed by atoms with Crippen molar-refractivity contribution in [2.45, 2.75) is 13.3 Å². The molecule has 3 heterocycles. The van der Waals surface area contributed by atoms with Crippen LogP contribution in [0.15, 0.2) is 41.7 Å². The van der Waals surface area contributed by atoms with Crippen LogP contribution < -0.4 is 4.90 Å². The molecule has 0 atom stereocenters. The zero-order valence-corrected chi connectivity index (χ0v) is 12.8. The van der Waals surface area contributed by atoms with Crippen LogP contribution in [0.2, 0.25) is 0 Å². The second kappa shape index (κ2) is 4.74. The van der Waals surface area contributed by atoms with Crippen LogP contribution in [0.5, 0.6) is 0 Å². The number of aromatic nitrogens is 2. The summed E-state index contributed by atoms with van der Waals surface area (Å²) in [5.41, 5.74) is 4.92. The molecule has 1 aliphatic heterocycles. The molecule has 1 aliphatic rings. The van der Waals surface area contributed by atoms with Crippen LogP contribution in [0.1, 0.15) is 11.1 Å². The number of benzene rings is 1. The molecular formula is C17H14N4O2. The topological polar surface area (TPSA) is 67.0 Å². The molecule has 3 aromatic rings. The molecule has 1 amide bonds. The predicted octanol–water partition coefficient (Wildman–Crippen LogP) is 3.23. The van der Waals surface area contributed by atoms with Crippen LogP contribution in [0, 0.1) is 11.8 Å². The SMILES string of the molecule is Cc1ccn2c(N=O)c(-c3ccc4c(c3)CC(=O)N4C)nc2c1. The van der Waals surface area contributed by atoms with E-state index in [0.29, 0.717) is 17.8 Å². The molecule has 0 aliphatic carbocycles. The van der Waals surface area contributed by atoms with E-state index in [1.807, 2.05) is 37.3 Å². The Balaban J connectivity index is 1.92. The fraction of sp³-hybridized carbons (Fsp3) is 0.176. The number of nitrogens with zero attached hydrogens (tertiary/aromatic N) is 4. The first-order chi connectivity index (χ1) is 11.1. The summed E-state index contributed by atoms with van der Waals surface area (Å²) in [5, 5.41) is 3.16. The average Bonchev–Trinajstić information content (AvgIpc) is 3.04. The van der Waals surface area contributed by atoms with Gasteiger partial charge in [-0.05, 0) is 47.5 Å². The molecule has 0 saturated heterocycles. The highest BCUT2D eigenvalue weighted by molar-refractivity contribution is 6.01. The van der Waals surface area contributed by atoms with Gasteiger partial charge in [-0.15, -0.1) is 4.91 Å². The summed E-state index contributed by atoms with van der Waals surface area (Å²) in [7, 11) is 1.76. The molecule has 0 N–H and O–H groups in total. The summed E-state index contributed by atoms with van der Waals surface area (Å²) in [5.74, 6) is 0.342. The van der Waals surface area contributed by atoms with E-state index >= 15 is 0 Å². The first kappa shape index (κ1) is 13.6. The minimum absolute atomic E-state index is 0.0662. The maximum atomic E-state index is 11.8. The molecule has 0 unspecified atom stereocenters. The molecule has 1 aromatic carbocycles. The zero-order chi connectivity index (χ0) is 16.1. The number of hydrogen-bond acceptors (Lipinski definition) is 4. The van der Waals surface area contributed by atoms with Crippen molar-refractivity contribution in [3.8, 4) is 11.3 Å². The van der Waals surface area contributed by atoms with Gasteiger partial charge < -0.3 is 4.90 Å². The number of likely N-dealkylation sites (N-methyl/N-ethyl adjacent to an activating group) is 1. The molecule has 6 nitrogen and oxygen atoms in total. The minimum atomic E-state index is 0.0662. The van der Waals surface area contributed by atoms with Crippen LogP contribution in [0.4, 0.5) is 11.5 Å². The number of imidazole rings is 1. The summed E-state index contributed by atoms with van der Waals surface area (Å²) in [6.45, 7) is 1.97. The molecule has 114 valence electrons. The fourth-order valence-electron chi connectivity index (χ4n) is 3.03. The lowest BCUT2D eigenvalue weighted by atomic mass is 10.1. The summed E-state index contributed by atoms with van der Waals surface area (Å²) in [6, 6.07) is 9.49. The van der Waals surface area contributed by atoms with Gasteiger partial charge in [-0.2, -0.15) is 0 Å². The molecule has 2 aromatic heterocycles. The summed E-state index contributed by atoms with van der Waals surface area (Å²) in [4.78, 5) is 29.3. The number of aryl methyl sites for hydroxylation is 1. The van der Waals surface area contributed by atoms with E-state index in [4.69, 9.17) is 0 Å². The van der Waals surface area contributed by atoms with Gasteiger partial charge in [0.2, 0.25) is 11.7 Å². The van der Waals surface area contributed by atoms with Gasteiger partial charge in [-0.1, -0.05) is 6.07 Å². The highest BCUT2D eigenvalue weighted by atomic mass is 16.3. The van der Waals surface area contributed by atoms with Gasteiger partial charge in [0.25, 0.3) is 0 Å². The third-order valence-corrected chi connectivity index (χ3v) is 4.27. The van der Waals surface area contributed by atoms with Crippen LogP contribution in [0.25, 0.3) is 16.9 Å². The third kappa shape index (κ3) is 1.95. The van der Waals surface area contributed by atoms with Crippen molar-refractivity contribution in [1.29, 1.82) is 0 Å². The molecule has 0 spiro atoms. The number of carbonyl (C=O) groups excluding carboxylic acids is 1. The van der Waals surface area contributed by atoms with Crippen molar-refractivity contribution in [2.24, 2.45) is 5.18 Å². The van der Waals surface area contributed by atoms with Crippen LogP contribution in [0.3, 0.4) is 0 Å². The Morgan fingerprint density at radius 1 is 1.22 bits per heavy atom. The van der Waals surface area contributed by atoms with Gasteiger partial charge in [0.1, 0.15) is 11.3 Å². The quantitative estimate of drug-likeness (QED) is 0.683. The molecule has 4 rings (SSSR count). The van der Waals surface area contributed by atoms with E-state index in [1.165, 1.54) is 0 Å². The van der Waals surface area contributed by atoms with E-state index in [9.17, 15) is 9.70 Å².